The third-order valence-electron chi connectivity index (χ3n) is 1.76. The minimum atomic E-state index is -4.55. The predicted octanol–water partition coefficient (Wildman–Crippen LogP) is 1.27. The molecule has 0 saturated heterocycles. The van der Waals surface area contributed by atoms with Gasteiger partial charge in [0.05, 0.1) is 11.8 Å². The molecule has 0 bridgehead atoms. The first-order valence-corrected chi connectivity index (χ1v) is 3.62. The fraction of sp³-hybridized carbons (Fsp3) is 0.143. The van der Waals surface area contributed by atoms with E-state index in [4.69, 9.17) is 0 Å². The second kappa shape index (κ2) is 2.60. The zero-order valence-electron chi connectivity index (χ0n) is 6.64. The molecule has 74 valence electrons. The summed E-state index contributed by atoms with van der Waals surface area (Å²) < 4.78 is 37.1. The first kappa shape index (κ1) is 8.79. The SMILES string of the molecule is O=c1cc(C(F)(F)F)c2cn[nH]c2[nH]1. The van der Waals surface area contributed by atoms with E-state index in [0.717, 1.165) is 6.20 Å². The van der Waals surface area contributed by atoms with Gasteiger partial charge in [0.25, 0.3) is 0 Å². The number of nitrogens with zero attached hydrogens (tertiary/aromatic N) is 1. The summed E-state index contributed by atoms with van der Waals surface area (Å²) in [6.07, 6.45) is -3.52. The molecule has 0 amide bonds. The summed E-state index contributed by atoms with van der Waals surface area (Å²) in [4.78, 5) is 13.1. The van der Waals surface area contributed by atoms with Gasteiger partial charge in [0.2, 0.25) is 5.56 Å². The Kier molecular flexibility index (Phi) is 1.63. The van der Waals surface area contributed by atoms with Crippen molar-refractivity contribution in [2.24, 2.45) is 0 Å². The van der Waals surface area contributed by atoms with Crippen LogP contribution in [0.4, 0.5) is 13.2 Å². The third-order valence-corrected chi connectivity index (χ3v) is 1.76. The van der Waals surface area contributed by atoms with Gasteiger partial charge >= 0.3 is 6.18 Å². The molecule has 0 saturated carbocycles. The van der Waals surface area contributed by atoms with Crippen molar-refractivity contribution in [1.29, 1.82) is 0 Å². The van der Waals surface area contributed by atoms with Crippen LogP contribution in [0, 0.1) is 0 Å². The van der Waals surface area contributed by atoms with E-state index in [1.165, 1.54) is 0 Å². The maximum Gasteiger partial charge on any atom is 0.417 e. The Morgan fingerprint density at radius 2 is 2.07 bits per heavy atom. The number of pyridine rings is 1. The Morgan fingerprint density at radius 1 is 1.36 bits per heavy atom. The van der Waals surface area contributed by atoms with Crippen molar-refractivity contribution in [3.8, 4) is 0 Å². The summed E-state index contributed by atoms with van der Waals surface area (Å²) in [6, 6.07) is 0.512. The van der Waals surface area contributed by atoms with Crippen LogP contribution in [-0.2, 0) is 6.18 Å². The van der Waals surface area contributed by atoms with Gasteiger partial charge in [-0.2, -0.15) is 18.3 Å². The van der Waals surface area contributed by atoms with Gasteiger partial charge in [-0.15, -0.1) is 0 Å². The van der Waals surface area contributed by atoms with Crippen LogP contribution >= 0.6 is 0 Å². The molecule has 0 fully saturated rings. The van der Waals surface area contributed by atoms with E-state index in [0.29, 0.717) is 6.07 Å². The lowest BCUT2D eigenvalue weighted by Crippen LogP contribution is -2.13. The van der Waals surface area contributed by atoms with Crippen molar-refractivity contribution < 1.29 is 13.2 Å². The molecule has 7 heteroatoms. The molecule has 0 radical (unpaired) electrons. The van der Waals surface area contributed by atoms with Crippen LogP contribution in [0.1, 0.15) is 5.56 Å². The molecule has 0 aromatic carbocycles. The smallest absolute Gasteiger partial charge is 0.307 e. The molecule has 2 rings (SSSR count). The normalized spacial score (nSPS) is 12.2. The molecule has 2 N–H and O–H groups in total. The number of H-pyrrole nitrogens is 2. The number of halogens is 3. The van der Waals surface area contributed by atoms with Crippen molar-refractivity contribution in [2.75, 3.05) is 0 Å². The number of fused-ring (bicyclic) bond motifs is 1. The molecule has 0 aliphatic rings. The summed E-state index contributed by atoms with van der Waals surface area (Å²) in [5, 5.41) is 5.55. The topological polar surface area (TPSA) is 61.5 Å². The monoisotopic (exact) mass is 203 g/mol. The lowest BCUT2D eigenvalue weighted by atomic mass is 10.2. The molecule has 0 spiro atoms. The van der Waals surface area contributed by atoms with Crippen molar-refractivity contribution >= 4 is 11.0 Å². The lowest BCUT2D eigenvalue weighted by Gasteiger charge is -2.05. The predicted molar refractivity (Wildman–Crippen MR) is 41.7 cm³/mol. The van der Waals surface area contributed by atoms with Crippen molar-refractivity contribution in [3.05, 3.63) is 28.2 Å². The number of aromatic amines is 2. The summed E-state index contributed by atoms with van der Waals surface area (Å²) in [6.45, 7) is 0. The Bertz CT molecular complexity index is 525. The Labute approximate surface area is 74.8 Å². The van der Waals surface area contributed by atoms with Gasteiger partial charge in [-0.1, -0.05) is 0 Å². The number of rotatable bonds is 0. The maximum atomic E-state index is 12.4. The van der Waals surface area contributed by atoms with E-state index in [9.17, 15) is 18.0 Å². The van der Waals surface area contributed by atoms with E-state index in [1.807, 2.05) is 0 Å². The van der Waals surface area contributed by atoms with Crippen LogP contribution in [0.2, 0.25) is 0 Å². The molecule has 0 atom stereocenters. The standard InChI is InChI=1S/C7H4F3N3O/c8-7(9,10)4-1-5(14)12-6-3(4)2-11-13-6/h1-2H,(H2,11,12,13,14). The van der Waals surface area contributed by atoms with Crippen LogP contribution in [0.3, 0.4) is 0 Å². The lowest BCUT2D eigenvalue weighted by molar-refractivity contribution is -0.136. The van der Waals surface area contributed by atoms with Gasteiger partial charge in [-0.25, -0.2) is 0 Å². The van der Waals surface area contributed by atoms with E-state index >= 15 is 0 Å². The van der Waals surface area contributed by atoms with E-state index in [-0.39, 0.29) is 11.0 Å². The fourth-order valence-corrected chi connectivity index (χ4v) is 1.19. The van der Waals surface area contributed by atoms with Gasteiger partial charge in [0, 0.05) is 11.5 Å². The molecule has 4 nitrogen and oxygen atoms in total. The summed E-state index contributed by atoms with van der Waals surface area (Å²) in [5.41, 5.74) is -1.82. The highest BCUT2D eigenvalue weighted by Gasteiger charge is 2.33. The third kappa shape index (κ3) is 1.26. The number of hydrogen-bond donors (Lipinski definition) is 2. The zero-order valence-corrected chi connectivity index (χ0v) is 6.64. The highest BCUT2D eigenvalue weighted by Crippen LogP contribution is 2.32. The second-order valence-electron chi connectivity index (χ2n) is 2.70. The average Bonchev–Trinajstić information content (AvgIpc) is 2.47. The largest absolute Gasteiger partial charge is 0.417 e. The van der Waals surface area contributed by atoms with Crippen LogP contribution in [0.25, 0.3) is 11.0 Å². The van der Waals surface area contributed by atoms with Gasteiger partial charge in [0.15, 0.2) is 0 Å². The summed E-state index contributed by atoms with van der Waals surface area (Å²) in [5.74, 6) is 0. The first-order chi connectivity index (χ1) is 6.48. The molecule has 0 aliphatic carbocycles. The summed E-state index contributed by atoms with van der Waals surface area (Å²) in [7, 11) is 0. The maximum absolute atomic E-state index is 12.4. The first-order valence-electron chi connectivity index (χ1n) is 3.62. The van der Waals surface area contributed by atoms with E-state index < -0.39 is 17.3 Å². The number of hydrogen-bond acceptors (Lipinski definition) is 2. The average molecular weight is 203 g/mol. The Morgan fingerprint density at radius 3 is 2.71 bits per heavy atom. The fourth-order valence-electron chi connectivity index (χ4n) is 1.19. The van der Waals surface area contributed by atoms with Crippen LogP contribution in [-0.4, -0.2) is 15.2 Å². The van der Waals surface area contributed by atoms with Crippen LogP contribution in [0.5, 0.6) is 0 Å². The molecule has 2 aromatic rings. The van der Waals surface area contributed by atoms with Gasteiger partial charge in [-0.05, 0) is 0 Å². The highest BCUT2D eigenvalue weighted by atomic mass is 19.4. The molecule has 0 aliphatic heterocycles. The second-order valence-corrected chi connectivity index (χ2v) is 2.70. The molecular formula is C7H4F3N3O. The molecule has 14 heavy (non-hydrogen) atoms. The van der Waals surface area contributed by atoms with Crippen molar-refractivity contribution in [2.45, 2.75) is 6.18 Å². The Hall–Kier alpha value is -1.79. The minimum absolute atomic E-state index is 0.0233. The van der Waals surface area contributed by atoms with E-state index in [2.05, 4.69) is 15.2 Å². The summed E-state index contributed by atoms with van der Waals surface area (Å²) >= 11 is 0. The van der Waals surface area contributed by atoms with Crippen LogP contribution < -0.4 is 5.56 Å². The number of aromatic nitrogens is 3. The molecular weight excluding hydrogens is 199 g/mol. The number of nitrogens with one attached hydrogen (secondary N) is 2. The quantitative estimate of drug-likeness (QED) is 0.677. The number of alkyl halides is 3. The molecule has 2 heterocycles. The minimum Gasteiger partial charge on any atom is -0.307 e. The zero-order chi connectivity index (χ0) is 10.3. The molecule has 0 unspecified atom stereocenters. The van der Waals surface area contributed by atoms with Crippen molar-refractivity contribution in [3.63, 3.8) is 0 Å². The van der Waals surface area contributed by atoms with Gasteiger partial charge < -0.3 is 4.98 Å². The van der Waals surface area contributed by atoms with Gasteiger partial charge in [-0.3, -0.25) is 9.89 Å². The molecule has 2 aromatic heterocycles. The van der Waals surface area contributed by atoms with Crippen molar-refractivity contribution in [1.82, 2.24) is 15.2 Å². The van der Waals surface area contributed by atoms with Gasteiger partial charge in [0.1, 0.15) is 5.65 Å². The Balaban J connectivity index is 2.87. The van der Waals surface area contributed by atoms with E-state index in [1.54, 1.807) is 0 Å². The van der Waals surface area contributed by atoms with Crippen LogP contribution in [0.15, 0.2) is 17.1 Å². The highest BCUT2D eigenvalue weighted by molar-refractivity contribution is 5.78.